The summed E-state index contributed by atoms with van der Waals surface area (Å²) in [5.41, 5.74) is 6.45. The van der Waals surface area contributed by atoms with Crippen molar-refractivity contribution in [3.8, 4) is 11.3 Å². The van der Waals surface area contributed by atoms with Gasteiger partial charge in [-0.05, 0) is 32.1 Å². The minimum Gasteiger partial charge on any atom is -0.253 e. The number of nitrogens with zero attached hydrogens (tertiary/aromatic N) is 2. The van der Waals surface area contributed by atoms with Crippen LogP contribution in [0.4, 0.5) is 5.13 Å². The first kappa shape index (κ1) is 14.0. The average Bonchev–Trinajstić information content (AvgIpc) is 2.98. The molecular weight excluding hydrogens is 278 g/mol. The van der Waals surface area contributed by atoms with E-state index < -0.39 is 0 Å². The highest BCUT2D eigenvalue weighted by Crippen LogP contribution is 2.25. The van der Waals surface area contributed by atoms with Crippen LogP contribution in [0.3, 0.4) is 0 Å². The number of hydrogen-bond acceptors (Lipinski definition) is 4. The lowest BCUT2D eigenvalue weighted by Gasteiger charge is -2.11. The van der Waals surface area contributed by atoms with Gasteiger partial charge < -0.3 is 0 Å². The molecule has 0 saturated carbocycles. The number of thiazole rings is 1. The van der Waals surface area contributed by atoms with Crippen molar-refractivity contribution in [1.82, 2.24) is 4.98 Å². The summed E-state index contributed by atoms with van der Waals surface area (Å²) in [5.74, 6) is 0.555. The Morgan fingerprint density at radius 3 is 2.90 bits per heavy atom. The van der Waals surface area contributed by atoms with Gasteiger partial charge in [-0.1, -0.05) is 42.0 Å². The van der Waals surface area contributed by atoms with Crippen LogP contribution >= 0.6 is 11.3 Å². The number of hydrogen-bond donors (Lipinski definition) is 1. The summed E-state index contributed by atoms with van der Waals surface area (Å²) in [6.07, 6.45) is 9.93. The largest absolute Gasteiger partial charge is 0.253 e. The van der Waals surface area contributed by atoms with Crippen molar-refractivity contribution < 1.29 is 0 Å². The van der Waals surface area contributed by atoms with Crippen LogP contribution in [0.5, 0.6) is 0 Å². The Bertz CT molecular complexity index is 640. The summed E-state index contributed by atoms with van der Waals surface area (Å²) in [5, 5.41) is 7.23. The van der Waals surface area contributed by atoms with Crippen molar-refractivity contribution in [3.05, 3.63) is 47.4 Å². The average molecular weight is 297 g/mol. The molecule has 0 spiro atoms. The summed E-state index contributed by atoms with van der Waals surface area (Å²) in [6, 6.07) is 8.42. The van der Waals surface area contributed by atoms with E-state index in [4.69, 9.17) is 0 Å². The summed E-state index contributed by atoms with van der Waals surface area (Å²) in [7, 11) is 0. The molecule has 3 nitrogen and oxygen atoms in total. The first-order valence-corrected chi connectivity index (χ1v) is 8.16. The highest BCUT2D eigenvalue weighted by molar-refractivity contribution is 7.14. The quantitative estimate of drug-likeness (QED) is 0.496. The molecule has 0 aliphatic heterocycles. The number of aromatic nitrogens is 1. The number of allylic oxidation sites excluding steroid dienone is 2. The topological polar surface area (TPSA) is 37.3 Å². The van der Waals surface area contributed by atoms with Crippen LogP contribution in [0.2, 0.25) is 0 Å². The molecule has 4 heteroatoms. The van der Waals surface area contributed by atoms with Crippen molar-refractivity contribution in [3.63, 3.8) is 0 Å². The molecule has 0 unspecified atom stereocenters. The second kappa shape index (κ2) is 6.68. The van der Waals surface area contributed by atoms with Crippen LogP contribution in [-0.2, 0) is 0 Å². The van der Waals surface area contributed by atoms with E-state index in [2.05, 4.69) is 64.2 Å². The molecule has 1 aromatic heterocycles. The lowest BCUT2D eigenvalue weighted by molar-refractivity contribution is 0.627. The van der Waals surface area contributed by atoms with Crippen LogP contribution in [0.25, 0.3) is 11.3 Å². The molecule has 0 fully saturated rings. The van der Waals surface area contributed by atoms with E-state index in [-0.39, 0.29) is 0 Å². The zero-order valence-electron chi connectivity index (χ0n) is 12.1. The van der Waals surface area contributed by atoms with Gasteiger partial charge in [0.15, 0.2) is 0 Å². The molecule has 1 atom stereocenters. The molecule has 0 saturated heterocycles. The van der Waals surface area contributed by atoms with E-state index in [1.807, 2.05) is 6.21 Å². The summed E-state index contributed by atoms with van der Waals surface area (Å²) in [4.78, 5) is 4.57. The lowest BCUT2D eigenvalue weighted by Crippen LogP contribution is -2.04. The minimum absolute atomic E-state index is 0.555. The highest BCUT2D eigenvalue weighted by atomic mass is 32.1. The lowest BCUT2D eigenvalue weighted by atomic mass is 9.96. The minimum atomic E-state index is 0.555. The van der Waals surface area contributed by atoms with Crippen LogP contribution in [0.1, 0.15) is 24.8 Å². The molecule has 1 N–H and O–H groups in total. The van der Waals surface area contributed by atoms with Gasteiger partial charge in [-0.25, -0.2) is 4.98 Å². The molecule has 1 aromatic carbocycles. The first-order valence-electron chi connectivity index (χ1n) is 7.28. The van der Waals surface area contributed by atoms with Gasteiger partial charge in [0.05, 0.1) is 5.69 Å². The van der Waals surface area contributed by atoms with Crippen molar-refractivity contribution in [2.45, 2.75) is 26.2 Å². The molecule has 21 heavy (non-hydrogen) atoms. The fourth-order valence-corrected chi connectivity index (χ4v) is 3.00. The van der Waals surface area contributed by atoms with Gasteiger partial charge in [-0.3, -0.25) is 5.43 Å². The molecular formula is C17H19N3S. The number of benzene rings is 1. The van der Waals surface area contributed by atoms with Gasteiger partial charge in [0, 0.05) is 17.2 Å². The third-order valence-corrected chi connectivity index (χ3v) is 4.35. The second-order valence-corrected chi connectivity index (χ2v) is 6.20. The van der Waals surface area contributed by atoms with Gasteiger partial charge >= 0.3 is 0 Å². The molecule has 1 aliphatic rings. The van der Waals surface area contributed by atoms with E-state index in [9.17, 15) is 0 Å². The van der Waals surface area contributed by atoms with Gasteiger partial charge in [0.2, 0.25) is 5.13 Å². The molecule has 3 rings (SSSR count). The molecule has 1 heterocycles. The summed E-state index contributed by atoms with van der Waals surface area (Å²) >= 11 is 1.59. The molecule has 1 aliphatic carbocycles. The Balaban J connectivity index is 1.61. The maximum atomic E-state index is 4.57. The summed E-state index contributed by atoms with van der Waals surface area (Å²) in [6.45, 7) is 2.09. The van der Waals surface area contributed by atoms with E-state index in [0.717, 1.165) is 29.2 Å². The van der Waals surface area contributed by atoms with Crippen LogP contribution in [0, 0.1) is 12.8 Å². The highest BCUT2D eigenvalue weighted by Gasteiger charge is 2.07. The molecule has 108 valence electrons. The van der Waals surface area contributed by atoms with Crippen molar-refractivity contribution >= 4 is 22.7 Å². The van der Waals surface area contributed by atoms with E-state index in [1.165, 1.54) is 12.0 Å². The number of anilines is 1. The summed E-state index contributed by atoms with van der Waals surface area (Å²) < 4.78 is 0. The molecule has 0 amide bonds. The Morgan fingerprint density at radius 2 is 2.14 bits per heavy atom. The van der Waals surface area contributed by atoms with Crippen molar-refractivity contribution in [2.24, 2.45) is 11.0 Å². The van der Waals surface area contributed by atoms with Gasteiger partial charge in [0.1, 0.15) is 0 Å². The Labute approximate surface area is 129 Å². The van der Waals surface area contributed by atoms with Crippen LogP contribution in [-0.4, -0.2) is 11.2 Å². The molecule has 2 aromatic rings. The predicted octanol–water partition coefficient (Wildman–Crippen LogP) is 4.87. The normalized spacial score (nSPS) is 18.2. The Morgan fingerprint density at radius 1 is 1.29 bits per heavy atom. The van der Waals surface area contributed by atoms with Crippen LogP contribution < -0.4 is 5.43 Å². The monoisotopic (exact) mass is 297 g/mol. The van der Waals surface area contributed by atoms with Crippen molar-refractivity contribution in [1.29, 1.82) is 0 Å². The zero-order chi connectivity index (χ0) is 14.5. The standard InChI is InChI=1S/C17H19N3S/c1-13-7-9-15(10-8-13)16-12-21-17(19-16)20-18-11-14-5-3-2-4-6-14/h2-3,7-12,14H,4-6H2,1H3,(H,19,20)/b18-11-/t14-/m0/s1. The van der Waals surface area contributed by atoms with Gasteiger partial charge in [-0.2, -0.15) is 5.10 Å². The predicted molar refractivity (Wildman–Crippen MR) is 90.9 cm³/mol. The van der Waals surface area contributed by atoms with E-state index in [1.54, 1.807) is 11.3 Å². The number of hydrazone groups is 1. The maximum absolute atomic E-state index is 4.57. The van der Waals surface area contributed by atoms with E-state index >= 15 is 0 Å². The van der Waals surface area contributed by atoms with Crippen molar-refractivity contribution in [2.75, 3.05) is 5.43 Å². The fourth-order valence-electron chi connectivity index (χ4n) is 2.33. The van der Waals surface area contributed by atoms with Crippen LogP contribution in [0.15, 0.2) is 46.9 Å². The number of aryl methyl sites for hydroxylation is 1. The zero-order valence-corrected chi connectivity index (χ0v) is 12.9. The third-order valence-electron chi connectivity index (χ3n) is 3.61. The smallest absolute Gasteiger partial charge is 0.203 e. The Kier molecular flexibility index (Phi) is 4.46. The van der Waals surface area contributed by atoms with Gasteiger partial charge in [-0.15, -0.1) is 11.3 Å². The van der Waals surface area contributed by atoms with Gasteiger partial charge in [0.25, 0.3) is 0 Å². The fraction of sp³-hybridized carbons (Fsp3) is 0.294. The molecule has 0 bridgehead atoms. The first-order chi connectivity index (χ1) is 10.3. The maximum Gasteiger partial charge on any atom is 0.203 e. The SMILES string of the molecule is Cc1ccc(-c2csc(N/N=C\[C@H]3CC=CCC3)n2)cc1. The second-order valence-electron chi connectivity index (χ2n) is 5.34. The number of rotatable bonds is 4. The number of nitrogens with one attached hydrogen (secondary N) is 1. The Hall–Kier alpha value is -1.94. The third kappa shape index (κ3) is 3.79. The molecule has 0 radical (unpaired) electrons. The van der Waals surface area contributed by atoms with E-state index in [0.29, 0.717) is 5.92 Å².